The molecule has 0 aromatic heterocycles. The van der Waals surface area contributed by atoms with Gasteiger partial charge in [-0.05, 0) is 65.6 Å². The third-order valence-corrected chi connectivity index (χ3v) is 7.46. The number of rotatable bonds is 6. The zero-order valence-corrected chi connectivity index (χ0v) is 20.5. The van der Waals surface area contributed by atoms with Gasteiger partial charge in [0.05, 0.1) is 6.04 Å². The Balaban J connectivity index is 1.13. The van der Waals surface area contributed by atoms with Gasteiger partial charge in [-0.1, -0.05) is 24.3 Å². The van der Waals surface area contributed by atoms with Gasteiger partial charge in [0.25, 0.3) is 5.91 Å². The Morgan fingerprint density at radius 1 is 0.868 bits per heavy atom. The third kappa shape index (κ3) is 4.45. The number of piperidine rings is 1. The standard InChI is InChI=1S/C29H27N3O6/c33-20-5-1-17(2-6-20)27(18-3-7-21(34)8-4-18)31-15-23(16-31)38-22-9-10-24-19(13-22)14-32(29(24)37)25-11-12-26(35)30-28(25)36/h1-10,13,23,25,27,33-34H,11-12,14-16H2,(H,30,35,36). The summed E-state index contributed by atoms with van der Waals surface area (Å²) in [4.78, 5) is 40.5. The van der Waals surface area contributed by atoms with Crippen LogP contribution in [-0.2, 0) is 16.1 Å². The maximum atomic E-state index is 12.9. The lowest BCUT2D eigenvalue weighted by Gasteiger charge is -2.44. The molecule has 9 heteroatoms. The predicted octanol–water partition coefficient (Wildman–Crippen LogP) is 2.71. The molecule has 0 radical (unpaired) electrons. The summed E-state index contributed by atoms with van der Waals surface area (Å²) in [6.07, 6.45) is 0.501. The fourth-order valence-electron chi connectivity index (χ4n) is 5.50. The van der Waals surface area contributed by atoms with Crippen LogP contribution in [0.25, 0.3) is 0 Å². The van der Waals surface area contributed by atoms with Gasteiger partial charge in [-0.15, -0.1) is 0 Å². The summed E-state index contributed by atoms with van der Waals surface area (Å²) in [5.41, 5.74) is 3.41. The zero-order chi connectivity index (χ0) is 26.4. The van der Waals surface area contributed by atoms with Crippen molar-refractivity contribution in [1.29, 1.82) is 0 Å². The lowest BCUT2D eigenvalue weighted by atomic mass is 9.93. The minimum atomic E-state index is -0.645. The highest BCUT2D eigenvalue weighted by Gasteiger charge is 2.40. The van der Waals surface area contributed by atoms with Gasteiger partial charge in [-0.2, -0.15) is 0 Å². The van der Waals surface area contributed by atoms with Crippen LogP contribution in [-0.4, -0.2) is 63.0 Å². The van der Waals surface area contributed by atoms with Crippen LogP contribution < -0.4 is 10.1 Å². The van der Waals surface area contributed by atoms with Crippen LogP contribution in [0, 0.1) is 0 Å². The van der Waals surface area contributed by atoms with E-state index in [1.807, 2.05) is 30.3 Å². The van der Waals surface area contributed by atoms with Crippen molar-refractivity contribution in [2.45, 2.75) is 37.6 Å². The summed E-state index contributed by atoms with van der Waals surface area (Å²) >= 11 is 0. The van der Waals surface area contributed by atoms with Crippen molar-refractivity contribution in [3.05, 3.63) is 89.0 Å². The molecule has 3 N–H and O–H groups in total. The molecule has 3 aliphatic heterocycles. The van der Waals surface area contributed by atoms with E-state index in [4.69, 9.17) is 4.74 Å². The van der Waals surface area contributed by atoms with Gasteiger partial charge >= 0.3 is 0 Å². The number of hydrogen-bond acceptors (Lipinski definition) is 7. The van der Waals surface area contributed by atoms with Gasteiger partial charge in [-0.25, -0.2) is 0 Å². The molecule has 1 atom stereocenters. The first-order valence-corrected chi connectivity index (χ1v) is 12.6. The normalized spacial score (nSPS) is 19.9. The van der Waals surface area contributed by atoms with E-state index in [1.165, 1.54) is 4.90 Å². The zero-order valence-electron chi connectivity index (χ0n) is 20.5. The van der Waals surface area contributed by atoms with Crippen LogP contribution in [0.1, 0.15) is 45.9 Å². The molecule has 6 rings (SSSR count). The number of nitrogens with one attached hydrogen (secondary N) is 1. The van der Waals surface area contributed by atoms with Crippen LogP contribution in [0.5, 0.6) is 17.2 Å². The number of nitrogens with zero attached hydrogens (tertiary/aromatic N) is 2. The first-order valence-electron chi connectivity index (χ1n) is 12.6. The SMILES string of the molecule is O=C1CCC(N2Cc3cc(OC4CN(C(c5ccc(O)cc5)c5ccc(O)cc5)C4)ccc3C2=O)C(=O)N1. The monoisotopic (exact) mass is 513 g/mol. The summed E-state index contributed by atoms with van der Waals surface area (Å²) in [6.45, 7) is 1.65. The third-order valence-electron chi connectivity index (χ3n) is 7.46. The van der Waals surface area contributed by atoms with Crippen LogP contribution in [0.4, 0.5) is 0 Å². The highest BCUT2D eigenvalue weighted by Crippen LogP contribution is 2.36. The van der Waals surface area contributed by atoms with Crippen LogP contribution >= 0.6 is 0 Å². The smallest absolute Gasteiger partial charge is 0.255 e. The minimum Gasteiger partial charge on any atom is -0.508 e. The number of ether oxygens (including phenoxy) is 1. The average molecular weight is 514 g/mol. The molecule has 3 aromatic rings. The van der Waals surface area contributed by atoms with Gasteiger partial charge in [0.15, 0.2) is 0 Å². The Hall–Kier alpha value is -4.37. The Morgan fingerprint density at radius 2 is 1.50 bits per heavy atom. The largest absolute Gasteiger partial charge is 0.508 e. The van der Waals surface area contributed by atoms with E-state index in [-0.39, 0.29) is 41.9 Å². The topological polar surface area (TPSA) is 119 Å². The molecule has 194 valence electrons. The van der Waals surface area contributed by atoms with Crippen molar-refractivity contribution in [3.63, 3.8) is 0 Å². The van der Waals surface area contributed by atoms with Crippen molar-refractivity contribution in [2.75, 3.05) is 13.1 Å². The maximum absolute atomic E-state index is 12.9. The van der Waals surface area contributed by atoms with E-state index in [1.54, 1.807) is 36.4 Å². The number of hydrogen-bond donors (Lipinski definition) is 3. The second kappa shape index (κ2) is 9.50. The van der Waals surface area contributed by atoms with E-state index in [0.717, 1.165) is 16.7 Å². The number of amides is 3. The predicted molar refractivity (Wildman–Crippen MR) is 137 cm³/mol. The molecule has 3 aliphatic rings. The van der Waals surface area contributed by atoms with Crippen molar-refractivity contribution in [1.82, 2.24) is 15.1 Å². The molecular weight excluding hydrogens is 486 g/mol. The van der Waals surface area contributed by atoms with Crippen molar-refractivity contribution in [2.24, 2.45) is 0 Å². The molecule has 0 spiro atoms. The van der Waals surface area contributed by atoms with Gasteiger partial charge in [0.2, 0.25) is 11.8 Å². The molecule has 3 heterocycles. The molecule has 0 saturated carbocycles. The second-order valence-corrected chi connectivity index (χ2v) is 10.00. The number of fused-ring (bicyclic) bond motifs is 1. The highest BCUT2D eigenvalue weighted by molar-refractivity contribution is 6.05. The lowest BCUT2D eigenvalue weighted by molar-refractivity contribution is -0.136. The Kier molecular flexibility index (Phi) is 6.00. The number of phenols is 2. The van der Waals surface area contributed by atoms with Crippen LogP contribution in [0.15, 0.2) is 66.7 Å². The Bertz CT molecular complexity index is 1350. The molecule has 3 aromatic carbocycles. The molecule has 0 aliphatic carbocycles. The quantitative estimate of drug-likeness (QED) is 0.434. The molecule has 1 unspecified atom stereocenters. The molecular formula is C29H27N3O6. The van der Waals surface area contributed by atoms with Crippen molar-refractivity contribution >= 4 is 17.7 Å². The number of carbonyl (C=O) groups excluding carboxylic acids is 3. The molecule has 2 fully saturated rings. The van der Waals surface area contributed by atoms with Crippen LogP contribution in [0.3, 0.4) is 0 Å². The summed E-state index contributed by atoms with van der Waals surface area (Å²) in [6, 6.07) is 18.9. The maximum Gasteiger partial charge on any atom is 0.255 e. The molecule has 0 bridgehead atoms. The Labute approximate surface area is 219 Å². The molecule has 9 nitrogen and oxygen atoms in total. The molecule has 3 amide bonds. The number of likely N-dealkylation sites (tertiary alicyclic amines) is 1. The van der Waals surface area contributed by atoms with Gasteiger partial charge in [0, 0.05) is 31.6 Å². The summed E-state index contributed by atoms with van der Waals surface area (Å²) in [5, 5.41) is 21.8. The first kappa shape index (κ1) is 24.0. The second-order valence-electron chi connectivity index (χ2n) is 10.00. The molecule has 2 saturated heterocycles. The molecule has 38 heavy (non-hydrogen) atoms. The number of imide groups is 1. The minimum absolute atomic E-state index is 0.0480. The van der Waals surface area contributed by atoms with E-state index in [2.05, 4.69) is 10.2 Å². The summed E-state index contributed by atoms with van der Waals surface area (Å²) in [5.74, 6) is 0.131. The lowest BCUT2D eigenvalue weighted by Crippen LogP contribution is -2.55. The Morgan fingerprint density at radius 3 is 2.11 bits per heavy atom. The number of benzene rings is 3. The number of phenolic OH excluding ortho intramolecular Hbond substituents is 2. The van der Waals surface area contributed by atoms with E-state index < -0.39 is 11.9 Å². The first-order chi connectivity index (χ1) is 18.4. The number of aromatic hydroxyl groups is 2. The van der Waals surface area contributed by atoms with Gasteiger partial charge in [-0.3, -0.25) is 24.6 Å². The van der Waals surface area contributed by atoms with E-state index >= 15 is 0 Å². The number of carbonyl (C=O) groups is 3. The van der Waals surface area contributed by atoms with Crippen molar-refractivity contribution < 1.29 is 29.3 Å². The highest BCUT2D eigenvalue weighted by atomic mass is 16.5. The van der Waals surface area contributed by atoms with Gasteiger partial charge in [0.1, 0.15) is 29.4 Å². The van der Waals surface area contributed by atoms with Crippen LogP contribution in [0.2, 0.25) is 0 Å². The van der Waals surface area contributed by atoms with E-state index in [0.29, 0.717) is 37.4 Å². The fraction of sp³-hybridized carbons (Fsp3) is 0.276. The average Bonchev–Trinajstić information content (AvgIpc) is 3.20. The summed E-state index contributed by atoms with van der Waals surface area (Å²) < 4.78 is 6.24. The fourth-order valence-corrected chi connectivity index (χ4v) is 5.50. The van der Waals surface area contributed by atoms with Gasteiger partial charge < -0.3 is 19.8 Å². The van der Waals surface area contributed by atoms with E-state index in [9.17, 15) is 24.6 Å². The van der Waals surface area contributed by atoms with Crippen molar-refractivity contribution in [3.8, 4) is 17.2 Å². The summed E-state index contributed by atoms with van der Waals surface area (Å²) in [7, 11) is 0.